The van der Waals surface area contributed by atoms with E-state index in [2.05, 4.69) is 44.9 Å². The maximum atomic E-state index is 4.33. The predicted octanol–water partition coefficient (Wildman–Crippen LogP) is 3.48. The van der Waals surface area contributed by atoms with E-state index in [1.54, 1.807) is 11.3 Å². The molecule has 1 aromatic rings. The highest BCUT2D eigenvalue weighted by Gasteiger charge is 2.12. The Morgan fingerprint density at radius 2 is 2.00 bits per heavy atom. The van der Waals surface area contributed by atoms with Crippen LogP contribution in [0.4, 0.5) is 5.13 Å². The van der Waals surface area contributed by atoms with Crippen molar-refractivity contribution in [3.05, 3.63) is 11.1 Å². The van der Waals surface area contributed by atoms with Crippen molar-refractivity contribution >= 4 is 16.5 Å². The zero-order valence-corrected chi connectivity index (χ0v) is 9.83. The number of nitrogens with one attached hydrogen (secondary N) is 1. The Balaban J connectivity index is 2.70. The molecule has 0 aliphatic heterocycles. The summed E-state index contributed by atoms with van der Waals surface area (Å²) in [6, 6.07) is 0. The average molecular weight is 198 g/mol. The Bertz CT molecular complexity index is 271. The van der Waals surface area contributed by atoms with Crippen molar-refractivity contribution in [2.24, 2.45) is 0 Å². The van der Waals surface area contributed by atoms with Gasteiger partial charge in [0.25, 0.3) is 0 Å². The molecule has 0 bridgehead atoms. The molecule has 1 rings (SSSR count). The Labute approximate surface area is 84.4 Å². The number of rotatable bonds is 2. The molecule has 3 heteroatoms. The third-order valence-corrected chi connectivity index (χ3v) is 2.79. The molecule has 13 heavy (non-hydrogen) atoms. The second-order valence-corrected chi connectivity index (χ2v) is 5.66. The maximum Gasteiger partial charge on any atom is 0.183 e. The molecule has 0 aliphatic carbocycles. The van der Waals surface area contributed by atoms with Crippen molar-refractivity contribution in [3.63, 3.8) is 0 Å². The predicted molar refractivity (Wildman–Crippen MR) is 59.6 cm³/mol. The monoisotopic (exact) mass is 198 g/mol. The normalized spacial score (nSPS) is 12.2. The van der Waals surface area contributed by atoms with Crippen molar-refractivity contribution in [1.29, 1.82) is 0 Å². The third kappa shape index (κ3) is 3.35. The van der Waals surface area contributed by atoms with Crippen LogP contribution in [-0.4, -0.2) is 10.5 Å². The fourth-order valence-electron chi connectivity index (χ4n) is 0.932. The second kappa shape index (κ2) is 3.66. The lowest BCUT2D eigenvalue weighted by Gasteiger charge is -2.19. The summed E-state index contributed by atoms with van der Waals surface area (Å²) in [6.07, 6.45) is 1.96. The smallest absolute Gasteiger partial charge is 0.183 e. The summed E-state index contributed by atoms with van der Waals surface area (Å²) in [6.45, 7) is 10.8. The quantitative estimate of drug-likeness (QED) is 0.787. The summed E-state index contributed by atoms with van der Waals surface area (Å²) in [5.41, 5.74) is 0.103. The highest BCUT2D eigenvalue weighted by atomic mass is 32.1. The van der Waals surface area contributed by atoms with Crippen molar-refractivity contribution in [2.75, 3.05) is 5.32 Å². The molecule has 0 aliphatic rings. The molecule has 0 unspecified atom stereocenters. The standard InChI is InChI=1S/C10H18N2S/c1-7(2)8-6-11-9(13-8)12-10(3,4)5/h6-7H,1-5H3,(H,11,12). The topological polar surface area (TPSA) is 24.9 Å². The van der Waals surface area contributed by atoms with E-state index >= 15 is 0 Å². The van der Waals surface area contributed by atoms with Gasteiger partial charge in [0.05, 0.1) is 0 Å². The maximum absolute atomic E-state index is 4.33. The molecule has 0 fully saturated rings. The first-order valence-corrected chi connectivity index (χ1v) is 5.44. The van der Waals surface area contributed by atoms with Crippen LogP contribution in [0.5, 0.6) is 0 Å². The van der Waals surface area contributed by atoms with Crippen LogP contribution in [0.15, 0.2) is 6.20 Å². The van der Waals surface area contributed by atoms with E-state index in [4.69, 9.17) is 0 Å². The number of nitrogens with zero attached hydrogens (tertiary/aromatic N) is 1. The zero-order chi connectivity index (χ0) is 10.1. The fraction of sp³-hybridized carbons (Fsp3) is 0.700. The zero-order valence-electron chi connectivity index (χ0n) is 9.01. The molecule has 2 nitrogen and oxygen atoms in total. The Morgan fingerprint density at radius 3 is 2.38 bits per heavy atom. The summed E-state index contributed by atoms with van der Waals surface area (Å²) in [4.78, 5) is 5.67. The lowest BCUT2D eigenvalue weighted by atomic mass is 10.1. The van der Waals surface area contributed by atoms with Gasteiger partial charge in [0.2, 0.25) is 0 Å². The molecule has 0 amide bonds. The molecule has 1 heterocycles. The first-order valence-electron chi connectivity index (χ1n) is 4.62. The lowest BCUT2D eigenvalue weighted by Crippen LogP contribution is -2.25. The summed E-state index contributed by atoms with van der Waals surface area (Å²) < 4.78 is 0. The second-order valence-electron chi connectivity index (χ2n) is 4.60. The number of thiazole rings is 1. The minimum atomic E-state index is 0.103. The molecule has 74 valence electrons. The molecule has 0 atom stereocenters. The van der Waals surface area contributed by atoms with E-state index < -0.39 is 0 Å². The Morgan fingerprint density at radius 1 is 1.38 bits per heavy atom. The van der Waals surface area contributed by atoms with Crippen LogP contribution in [0, 0.1) is 0 Å². The van der Waals surface area contributed by atoms with Gasteiger partial charge >= 0.3 is 0 Å². The molecule has 0 spiro atoms. The van der Waals surface area contributed by atoms with Crippen LogP contribution in [0.3, 0.4) is 0 Å². The van der Waals surface area contributed by atoms with Crippen molar-refractivity contribution in [3.8, 4) is 0 Å². The SMILES string of the molecule is CC(C)c1cnc(NC(C)(C)C)s1. The van der Waals surface area contributed by atoms with Crippen LogP contribution in [0.2, 0.25) is 0 Å². The van der Waals surface area contributed by atoms with E-state index in [0.29, 0.717) is 5.92 Å². The van der Waals surface area contributed by atoms with Gasteiger partial charge in [-0.1, -0.05) is 13.8 Å². The van der Waals surface area contributed by atoms with Gasteiger partial charge in [-0.05, 0) is 26.7 Å². The molecule has 0 radical (unpaired) electrons. The highest BCUT2D eigenvalue weighted by molar-refractivity contribution is 7.15. The molecule has 1 aromatic heterocycles. The van der Waals surface area contributed by atoms with Gasteiger partial charge < -0.3 is 5.32 Å². The molecule has 0 aromatic carbocycles. The van der Waals surface area contributed by atoms with Gasteiger partial charge in [-0.25, -0.2) is 4.98 Å². The minimum absolute atomic E-state index is 0.103. The summed E-state index contributed by atoms with van der Waals surface area (Å²) in [5, 5.41) is 4.39. The van der Waals surface area contributed by atoms with Crippen LogP contribution >= 0.6 is 11.3 Å². The Kier molecular flexibility index (Phi) is 2.96. The molecule has 1 N–H and O–H groups in total. The van der Waals surface area contributed by atoms with Crippen molar-refractivity contribution in [1.82, 2.24) is 4.98 Å². The summed E-state index contributed by atoms with van der Waals surface area (Å²) >= 11 is 1.75. The van der Waals surface area contributed by atoms with Crippen molar-refractivity contribution in [2.45, 2.75) is 46.1 Å². The van der Waals surface area contributed by atoms with Gasteiger partial charge in [-0.3, -0.25) is 0 Å². The van der Waals surface area contributed by atoms with Crippen molar-refractivity contribution < 1.29 is 0 Å². The van der Waals surface area contributed by atoms with E-state index in [1.165, 1.54) is 4.88 Å². The highest BCUT2D eigenvalue weighted by Crippen LogP contribution is 2.26. The van der Waals surface area contributed by atoms with E-state index in [1.807, 2.05) is 6.20 Å². The van der Waals surface area contributed by atoms with E-state index in [9.17, 15) is 0 Å². The van der Waals surface area contributed by atoms with Gasteiger partial charge in [-0.2, -0.15) is 0 Å². The summed E-state index contributed by atoms with van der Waals surface area (Å²) in [7, 11) is 0. The van der Waals surface area contributed by atoms with Crippen LogP contribution in [-0.2, 0) is 0 Å². The van der Waals surface area contributed by atoms with Crippen LogP contribution in [0.1, 0.15) is 45.4 Å². The van der Waals surface area contributed by atoms with Gasteiger partial charge in [-0.15, -0.1) is 11.3 Å². The Hall–Kier alpha value is -0.570. The minimum Gasteiger partial charge on any atom is -0.357 e. The largest absolute Gasteiger partial charge is 0.357 e. The number of anilines is 1. The number of aromatic nitrogens is 1. The van der Waals surface area contributed by atoms with Gasteiger partial charge in [0.15, 0.2) is 5.13 Å². The van der Waals surface area contributed by atoms with E-state index in [-0.39, 0.29) is 5.54 Å². The lowest BCUT2D eigenvalue weighted by molar-refractivity contribution is 0.633. The number of hydrogen-bond donors (Lipinski definition) is 1. The third-order valence-electron chi connectivity index (χ3n) is 1.57. The average Bonchev–Trinajstić information content (AvgIpc) is 2.31. The molecular weight excluding hydrogens is 180 g/mol. The molecule has 0 saturated heterocycles. The first kappa shape index (κ1) is 10.5. The fourth-order valence-corrected chi connectivity index (χ4v) is 1.96. The van der Waals surface area contributed by atoms with Crippen LogP contribution in [0.25, 0.3) is 0 Å². The number of hydrogen-bond acceptors (Lipinski definition) is 3. The van der Waals surface area contributed by atoms with Gasteiger partial charge in [0.1, 0.15) is 0 Å². The molecular formula is C10H18N2S. The molecule has 0 saturated carbocycles. The van der Waals surface area contributed by atoms with E-state index in [0.717, 1.165) is 5.13 Å². The van der Waals surface area contributed by atoms with Crippen LogP contribution < -0.4 is 5.32 Å². The van der Waals surface area contributed by atoms with Gasteiger partial charge in [0, 0.05) is 16.6 Å². The summed E-state index contributed by atoms with van der Waals surface area (Å²) in [5.74, 6) is 0.577. The first-order chi connectivity index (χ1) is 5.88.